The summed E-state index contributed by atoms with van der Waals surface area (Å²) in [6.45, 7) is 9.30. The molecule has 0 radical (unpaired) electrons. The number of amides is 7. The molecule has 7 amide bonds. The van der Waals surface area contributed by atoms with E-state index in [1.165, 1.54) is 0 Å². The van der Waals surface area contributed by atoms with Gasteiger partial charge in [-0.2, -0.15) is 0 Å². The quantitative estimate of drug-likeness (QED) is 0.0897. The van der Waals surface area contributed by atoms with Crippen LogP contribution in [0, 0.1) is 11.3 Å². The number of imide groups is 1. The average molecular weight is 756 g/mol. The van der Waals surface area contributed by atoms with E-state index in [2.05, 4.69) is 37.2 Å². The topological polar surface area (TPSA) is 207 Å². The Morgan fingerprint density at radius 2 is 1.25 bits per heavy atom. The summed E-state index contributed by atoms with van der Waals surface area (Å²) in [5.41, 5.74) is 1.64. The first-order valence-corrected chi connectivity index (χ1v) is 18.4. The van der Waals surface area contributed by atoms with Crippen LogP contribution in [0.1, 0.15) is 57.7 Å². The Labute approximate surface area is 322 Å². The van der Waals surface area contributed by atoms with Gasteiger partial charge in [0.05, 0.1) is 18.6 Å². The molecule has 1 unspecified atom stereocenters. The van der Waals surface area contributed by atoms with Crippen LogP contribution in [0.15, 0.2) is 91.0 Å². The molecule has 1 heterocycles. The minimum Gasteiger partial charge on any atom is -0.389 e. The van der Waals surface area contributed by atoms with Crippen molar-refractivity contribution in [3.63, 3.8) is 0 Å². The molecule has 294 valence electrons. The highest BCUT2D eigenvalue weighted by Crippen LogP contribution is 2.21. The zero-order chi connectivity index (χ0) is 40.1. The Morgan fingerprint density at radius 3 is 1.76 bits per heavy atom. The molecule has 0 bridgehead atoms. The van der Waals surface area contributed by atoms with Crippen molar-refractivity contribution in [1.82, 2.24) is 37.2 Å². The molecule has 1 aliphatic rings. The molecular formula is C41H53N7O7. The van der Waals surface area contributed by atoms with Crippen LogP contribution >= 0.6 is 0 Å². The number of rotatable bonds is 18. The standard InChI is InChI=1S/C41H53N7O7/c1-25(2)32(37(52)43-24-28-19-13-8-14-20-28)47-38(53)33(42-23-27-17-11-7-12-18-27)34(50)29(21-26-15-9-6-10-16-26)44-39(54)35(41(3,4)5)46-31(49)22-30-36(51)48-40(55)45-30/h6-20,25,29-30,32-35,42,50H,21-24H2,1-5H3,(H,43,52)(H,44,54)(H,46,49)(H,47,53)(H2,45,48,51,55)/t29-,30?,32-,33+,34+,35+/m0/s1. The van der Waals surface area contributed by atoms with E-state index in [-0.39, 0.29) is 25.4 Å². The predicted molar refractivity (Wildman–Crippen MR) is 207 cm³/mol. The third-order valence-corrected chi connectivity index (χ3v) is 9.27. The maximum Gasteiger partial charge on any atom is 0.322 e. The first kappa shape index (κ1) is 42.1. The van der Waals surface area contributed by atoms with Crippen LogP contribution in [0.2, 0.25) is 0 Å². The molecule has 4 rings (SSSR count). The second-order valence-electron chi connectivity index (χ2n) is 15.2. The Kier molecular flexibility index (Phi) is 15.1. The summed E-state index contributed by atoms with van der Waals surface area (Å²) in [6, 6.07) is 21.5. The monoisotopic (exact) mass is 755 g/mol. The zero-order valence-electron chi connectivity index (χ0n) is 31.9. The van der Waals surface area contributed by atoms with E-state index >= 15 is 0 Å². The number of aliphatic hydroxyl groups is 1. The smallest absolute Gasteiger partial charge is 0.322 e. The first-order valence-electron chi connectivity index (χ1n) is 18.4. The maximum atomic E-state index is 14.2. The molecule has 0 spiro atoms. The highest BCUT2D eigenvalue weighted by molar-refractivity contribution is 6.06. The fourth-order valence-electron chi connectivity index (χ4n) is 6.17. The number of hydrogen-bond acceptors (Lipinski definition) is 8. The van der Waals surface area contributed by atoms with Crippen LogP contribution in [-0.4, -0.2) is 77.0 Å². The lowest BCUT2D eigenvalue weighted by molar-refractivity contribution is -0.135. The SMILES string of the molecule is CC(C)[C@H](NC(=O)[C@H](NCc1ccccc1)[C@H](O)[C@H](Cc1ccccc1)NC(=O)[C@@H](NC(=O)CC1NC(=O)NC1=O)C(C)(C)C)C(=O)NCc1ccccc1. The molecule has 1 saturated heterocycles. The Hall–Kier alpha value is -5.60. The van der Waals surface area contributed by atoms with Gasteiger partial charge in [0.25, 0.3) is 5.91 Å². The van der Waals surface area contributed by atoms with Crippen LogP contribution in [0.4, 0.5) is 4.79 Å². The van der Waals surface area contributed by atoms with Crippen molar-refractivity contribution in [2.45, 2.75) is 96.9 Å². The molecule has 0 saturated carbocycles. The second-order valence-corrected chi connectivity index (χ2v) is 15.2. The number of aliphatic hydroxyl groups excluding tert-OH is 1. The zero-order valence-corrected chi connectivity index (χ0v) is 31.9. The van der Waals surface area contributed by atoms with Crippen LogP contribution in [0.25, 0.3) is 0 Å². The number of nitrogens with one attached hydrogen (secondary N) is 7. The molecule has 14 heteroatoms. The van der Waals surface area contributed by atoms with Crippen LogP contribution in [0.5, 0.6) is 0 Å². The fraction of sp³-hybridized carbons (Fsp3) is 0.415. The average Bonchev–Trinajstić information content (AvgIpc) is 3.47. The van der Waals surface area contributed by atoms with Gasteiger partial charge >= 0.3 is 6.03 Å². The lowest BCUT2D eigenvalue weighted by Gasteiger charge is -2.35. The van der Waals surface area contributed by atoms with Crippen LogP contribution in [-0.2, 0) is 43.5 Å². The van der Waals surface area contributed by atoms with Gasteiger partial charge in [-0.25, -0.2) is 4.79 Å². The number of benzene rings is 3. The molecule has 6 atom stereocenters. The summed E-state index contributed by atoms with van der Waals surface area (Å²) >= 11 is 0. The highest BCUT2D eigenvalue weighted by Gasteiger charge is 2.40. The van der Waals surface area contributed by atoms with Gasteiger partial charge < -0.3 is 31.7 Å². The van der Waals surface area contributed by atoms with Gasteiger partial charge in [-0.3, -0.25) is 34.6 Å². The molecular weight excluding hydrogens is 702 g/mol. The number of urea groups is 1. The van der Waals surface area contributed by atoms with E-state index in [1.54, 1.807) is 20.8 Å². The van der Waals surface area contributed by atoms with Crippen molar-refractivity contribution in [3.8, 4) is 0 Å². The van der Waals surface area contributed by atoms with Crippen molar-refractivity contribution >= 4 is 35.6 Å². The van der Waals surface area contributed by atoms with E-state index in [1.807, 2.05) is 105 Å². The van der Waals surface area contributed by atoms with Crippen LogP contribution in [0.3, 0.4) is 0 Å². The summed E-state index contributed by atoms with van der Waals surface area (Å²) in [4.78, 5) is 78.6. The van der Waals surface area contributed by atoms with Crippen LogP contribution < -0.4 is 37.2 Å². The summed E-state index contributed by atoms with van der Waals surface area (Å²) in [6.07, 6.45) is -1.83. The number of hydrogen-bond donors (Lipinski definition) is 8. The first-order chi connectivity index (χ1) is 26.1. The molecule has 0 aromatic heterocycles. The van der Waals surface area contributed by atoms with Crippen molar-refractivity contribution in [2.24, 2.45) is 11.3 Å². The lowest BCUT2D eigenvalue weighted by atomic mass is 9.85. The Bertz CT molecular complexity index is 1770. The summed E-state index contributed by atoms with van der Waals surface area (Å²) in [7, 11) is 0. The molecule has 0 aliphatic carbocycles. The van der Waals surface area contributed by atoms with Crippen molar-refractivity contribution in [2.75, 3.05) is 0 Å². The van der Waals surface area contributed by atoms with Crippen molar-refractivity contribution in [1.29, 1.82) is 0 Å². The van der Waals surface area contributed by atoms with Crippen molar-refractivity contribution < 1.29 is 33.9 Å². The number of carbonyl (C=O) groups excluding carboxylic acids is 6. The van der Waals surface area contributed by atoms with E-state index in [0.717, 1.165) is 16.7 Å². The van der Waals surface area contributed by atoms with E-state index in [4.69, 9.17) is 0 Å². The normalized spacial score (nSPS) is 16.8. The van der Waals surface area contributed by atoms with Gasteiger partial charge in [-0.15, -0.1) is 0 Å². The van der Waals surface area contributed by atoms with Gasteiger partial charge in [0.2, 0.25) is 23.6 Å². The maximum absolute atomic E-state index is 14.2. The van der Waals surface area contributed by atoms with Crippen molar-refractivity contribution in [3.05, 3.63) is 108 Å². The summed E-state index contributed by atoms with van der Waals surface area (Å²) in [5, 5.41) is 31.1. The largest absolute Gasteiger partial charge is 0.389 e. The third kappa shape index (κ3) is 12.8. The highest BCUT2D eigenvalue weighted by atomic mass is 16.3. The van der Waals surface area contributed by atoms with E-state index in [0.29, 0.717) is 0 Å². The van der Waals surface area contributed by atoms with E-state index < -0.39 is 83.7 Å². The Morgan fingerprint density at radius 1 is 0.709 bits per heavy atom. The van der Waals surface area contributed by atoms with E-state index in [9.17, 15) is 33.9 Å². The fourth-order valence-corrected chi connectivity index (χ4v) is 6.17. The number of carbonyl (C=O) groups is 6. The van der Waals surface area contributed by atoms with Gasteiger partial charge in [0.1, 0.15) is 24.2 Å². The van der Waals surface area contributed by atoms with Gasteiger partial charge in [0, 0.05) is 13.1 Å². The molecule has 14 nitrogen and oxygen atoms in total. The minimum absolute atomic E-state index is 0.106. The molecule has 55 heavy (non-hydrogen) atoms. The van der Waals surface area contributed by atoms with Gasteiger partial charge in [-0.05, 0) is 34.4 Å². The molecule has 1 aliphatic heterocycles. The second kappa shape index (κ2) is 19.6. The summed E-state index contributed by atoms with van der Waals surface area (Å²) < 4.78 is 0. The lowest BCUT2D eigenvalue weighted by Crippen LogP contribution is -2.64. The van der Waals surface area contributed by atoms with Gasteiger partial charge in [-0.1, -0.05) is 126 Å². The Balaban J connectivity index is 1.60. The van der Waals surface area contributed by atoms with Gasteiger partial charge in [0.15, 0.2) is 0 Å². The third-order valence-electron chi connectivity index (χ3n) is 9.27. The molecule has 8 N–H and O–H groups in total. The molecule has 3 aromatic rings. The minimum atomic E-state index is -1.54. The summed E-state index contributed by atoms with van der Waals surface area (Å²) in [5.74, 6) is -3.29. The predicted octanol–water partition coefficient (Wildman–Crippen LogP) is 1.82. The molecule has 1 fully saturated rings. The molecule has 3 aromatic carbocycles.